The first kappa shape index (κ1) is 17.9. The van der Waals surface area contributed by atoms with Crippen LogP contribution in [0.3, 0.4) is 0 Å². The second kappa shape index (κ2) is 6.59. The summed E-state index contributed by atoms with van der Waals surface area (Å²) in [6.45, 7) is 7.73. The molecule has 4 aromatic rings. The first-order valence-electron chi connectivity index (χ1n) is 9.03. The van der Waals surface area contributed by atoms with Crippen molar-refractivity contribution in [2.45, 2.75) is 40.5 Å². The van der Waals surface area contributed by atoms with Crippen molar-refractivity contribution < 1.29 is 4.79 Å². The number of aromatic nitrogens is 6. The lowest BCUT2D eigenvalue weighted by atomic mass is 10.0. The Labute approximate surface area is 160 Å². The highest BCUT2D eigenvalue weighted by Gasteiger charge is 2.16. The molecule has 0 aliphatic heterocycles. The van der Waals surface area contributed by atoms with Gasteiger partial charge in [-0.1, -0.05) is 0 Å². The fraction of sp³-hybridized carbons (Fsp3) is 0.316. The van der Waals surface area contributed by atoms with Gasteiger partial charge in [-0.3, -0.25) is 4.79 Å². The normalized spacial score (nSPS) is 11.4. The summed E-state index contributed by atoms with van der Waals surface area (Å²) in [4.78, 5) is 38.4. The largest absolute Gasteiger partial charge is 0.324 e. The van der Waals surface area contributed by atoms with Gasteiger partial charge in [0.2, 0.25) is 5.91 Å². The van der Waals surface area contributed by atoms with Crippen molar-refractivity contribution in [3.63, 3.8) is 0 Å². The van der Waals surface area contributed by atoms with E-state index in [4.69, 9.17) is 0 Å². The highest BCUT2D eigenvalue weighted by atomic mass is 16.2. The van der Waals surface area contributed by atoms with Crippen molar-refractivity contribution in [3.05, 3.63) is 51.0 Å². The van der Waals surface area contributed by atoms with Crippen molar-refractivity contribution in [2.75, 3.05) is 5.32 Å². The SMILES string of the molecule is Cc1cc2[nH]c(=O)[nH]c2c(NC(=O)CCc2c(C)nc3ncnn3c2C)c1C. The van der Waals surface area contributed by atoms with Gasteiger partial charge in [-0.25, -0.2) is 14.3 Å². The lowest BCUT2D eigenvalue weighted by Gasteiger charge is -2.13. The van der Waals surface area contributed by atoms with Gasteiger partial charge < -0.3 is 15.3 Å². The van der Waals surface area contributed by atoms with Gasteiger partial charge in [-0.2, -0.15) is 10.1 Å². The van der Waals surface area contributed by atoms with Crippen molar-refractivity contribution in [1.82, 2.24) is 29.5 Å². The van der Waals surface area contributed by atoms with Gasteiger partial charge in [0.25, 0.3) is 5.78 Å². The summed E-state index contributed by atoms with van der Waals surface area (Å²) in [5.74, 6) is 0.423. The molecular weight excluding hydrogens is 358 g/mol. The zero-order valence-corrected chi connectivity index (χ0v) is 16.2. The Morgan fingerprint density at radius 3 is 2.79 bits per heavy atom. The molecule has 3 aromatic heterocycles. The van der Waals surface area contributed by atoms with Crippen LogP contribution in [0.25, 0.3) is 16.8 Å². The standard InChI is InChI=1S/C19H21N7O2/c1-9-7-14-17(25-19(28)23-14)16(10(9)2)24-15(27)6-5-13-11(3)22-18-20-8-21-26(18)12(13)4/h7-8H,5-6H2,1-4H3,(H,24,27)(H2,23,25,28). The predicted octanol–water partition coefficient (Wildman–Crippen LogP) is 2.10. The van der Waals surface area contributed by atoms with Gasteiger partial charge in [0.1, 0.15) is 6.33 Å². The summed E-state index contributed by atoms with van der Waals surface area (Å²) in [6, 6.07) is 1.89. The molecule has 0 unspecified atom stereocenters. The fourth-order valence-electron chi connectivity index (χ4n) is 3.53. The van der Waals surface area contributed by atoms with E-state index in [1.807, 2.05) is 33.8 Å². The molecule has 0 saturated heterocycles. The summed E-state index contributed by atoms with van der Waals surface area (Å²) >= 11 is 0. The van der Waals surface area contributed by atoms with Crippen LogP contribution >= 0.6 is 0 Å². The van der Waals surface area contributed by atoms with E-state index in [1.165, 1.54) is 6.33 Å². The molecule has 9 heteroatoms. The van der Waals surface area contributed by atoms with E-state index in [-0.39, 0.29) is 18.0 Å². The van der Waals surface area contributed by atoms with Gasteiger partial charge in [0.05, 0.1) is 16.7 Å². The molecule has 0 aliphatic rings. The minimum atomic E-state index is -0.297. The van der Waals surface area contributed by atoms with E-state index < -0.39 is 0 Å². The highest BCUT2D eigenvalue weighted by Crippen LogP contribution is 2.27. The van der Waals surface area contributed by atoms with Crippen molar-refractivity contribution in [1.29, 1.82) is 0 Å². The van der Waals surface area contributed by atoms with E-state index in [1.54, 1.807) is 4.52 Å². The number of fused-ring (bicyclic) bond motifs is 2. The molecule has 0 aliphatic carbocycles. The average molecular weight is 379 g/mol. The fourth-order valence-corrected chi connectivity index (χ4v) is 3.53. The van der Waals surface area contributed by atoms with Gasteiger partial charge in [-0.05, 0) is 56.9 Å². The second-order valence-electron chi connectivity index (χ2n) is 6.98. The Morgan fingerprint density at radius 1 is 1.21 bits per heavy atom. The quantitative estimate of drug-likeness (QED) is 0.501. The van der Waals surface area contributed by atoms with Crippen LogP contribution in [0.1, 0.15) is 34.5 Å². The minimum absolute atomic E-state index is 0.130. The molecular formula is C19H21N7O2. The Kier molecular flexibility index (Phi) is 4.21. The van der Waals surface area contributed by atoms with E-state index >= 15 is 0 Å². The summed E-state index contributed by atoms with van der Waals surface area (Å²) in [5, 5.41) is 7.14. The third-order valence-corrected chi connectivity index (χ3v) is 5.19. The van der Waals surface area contributed by atoms with Gasteiger partial charge in [0.15, 0.2) is 0 Å². The summed E-state index contributed by atoms with van der Waals surface area (Å²) in [7, 11) is 0. The highest BCUT2D eigenvalue weighted by molar-refractivity contribution is 6.01. The number of rotatable bonds is 4. The minimum Gasteiger partial charge on any atom is -0.324 e. The number of benzene rings is 1. The zero-order chi connectivity index (χ0) is 20.0. The summed E-state index contributed by atoms with van der Waals surface area (Å²) in [5.41, 5.74) is 6.29. The molecule has 1 amide bonds. The van der Waals surface area contributed by atoms with E-state index in [0.717, 1.165) is 28.1 Å². The molecule has 4 rings (SSSR count). The molecule has 1 aromatic carbocycles. The number of aryl methyl sites for hydroxylation is 3. The maximum absolute atomic E-state index is 12.7. The number of carbonyl (C=O) groups excluding carboxylic acids is 1. The van der Waals surface area contributed by atoms with Crippen LogP contribution in [0.4, 0.5) is 5.69 Å². The number of hydrogen-bond donors (Lipinski definition) is 3. The van der Waals surface area contributed by atoms with Crippen LogP contribution in [0.5, 0.6) is 0 Å². The number of H-pyrrole nitrogens is 2. The first-order chi connectivity index (χ1) is 13.3. The molecule has 28 heavy (non-hydrogen) atoms. The molecule has 9 nitrogen and oxygen atoms in total. The molecule has 0 fully saturated rings. The lowest BCUT2D eigenvalue weighted by Crippen LogP contribution is -2.15. The number of nitrogens with one attached hydrogen (secondary N) is 3. The van der Waals surface area contributed by atoms with Crippen LogP contribution in [0.2, 0.25) is 0 Å². The lowest BCUT2D eigenvalue weighted by molar-refractivity contribution is -0.116. The van der Waals surface area contributed by atoms with E-state index in [2.05, 4.69) is 30.4 Å². The van der Waals surface area contributed by atoms with Crippen molar-refractivity contribution in [3.8, 4) is 0 Å². The topological polar surface area (TPSA) is 121 Å². The first-order valence-corrected chi connectivity index (χ1v) is 9.03. The van der Waals surface area contributed by atoms with Gasteiger partial charge >= 0.3 is 5.69 Å². The summed E-state index contributed by atoms with van der Waals surface area (Å²) < 4.78 is 1.68. The molecule has 0 spiro atoms. The van der Waals surface area contributed by atoms with Crippen molar-refractivity contribution >= 4 is 28.4 Å². The molecule has 0 saturated carbocycles. The monoisotopic (exact) mass is 379 g/mol. The molecule has 0 atom stereocenters. The molecule has 3 heterocycles. The molecule has 0 bridgehead atoms. The van der Waals surface area contributed by atoms with Gasteiger partial charge in [-0.15, -0.1) is 0 Å². The van der Waals surface area contributed by atoms with E-state index in [9.17, 15) is 9.59 Å². The van der Waals surface area contributed by atoms with Crippen LogP contribution in [0, 0.1) is 27.7 Å². The third-order valence-electron chi connectivity index (χ3n) is 5.19. The Hall–Kier alpha value is -3.49. The van der Waals surface area contributed by atoms with Crippen LogP contribution in [0.15, 0.2) is 17.2 Å². The number of carbonyl (C=O) groups is 1. The number of nitrogens with zero attached hydrogens (tertiary/aromatic N) is 4. The molecule has 3 N–H and O–H groups in total. The second-order valence-corrected chi connectivity index (χ2v) is 6.98. The number of imidazole rings is 1. The van der Waals surface area contributed by atoms with Crippen molar-refractivity contribution in [2.24, 2.45) is 0 Å². The number of aromatic amines is 2. The molecule has 144 valence electrons. The zero-order valence-electron chi connectivity index (χ0n) is 16.2. The predicted molar refractivity (Wildman–Crippen MR) is 106 cm³/mol. The maximum Gasteiger partial charge on any atom is 0.323 e. The van der Waals surface area contributed by atoms with Crippen LogP contribution in [-0.4, -0.2) is 35.5 Å². The Morgan fingerprint density at radius 2 is 2.00 bits per heavy atom. The van der Waals surface area contributed by atoms with E-state index in [0.29, 0.717) is 28.9 Å². The summed E-state index contributed by atoms with van der Waals surface area (Å²) in [6.07, 6.45) is 2.28. The Bertz CT molecular complexity index is 1280. The molecule has 0 radical (unpaired) electrons. The third kappa shape index (κ3) is 2.94. The smallest absolute Gasteiger partial charge is 0.323 e. The maximum atomic E-state index is 12.7. The van der Waals surface area contributed by atoms with Crippen LogP contribution in [-0.2, 0) is 11.2 Å². The number of amides is 1. The van der Waals surface area contributed by atoms with Gasteiger partial charge in [0, 0.05) is 17.8 Å². The number of hydrogen-bond acceptors (Lipinski definition) is 5. The van der Waals surface area contributed by atoms with Crippen LogP contribution < -0.4 is 11.0 Å². The Balaban J connectivity index is 1.59. The average Bonchev–Trinajstić information content (AvgIpc) is 3.24. The number of anilines is 1.